The van der Waals surface area contributed by atoms with E-state index in [2.05, 4.69) is 10.4 Å². The zero-order chi connectivity index (χ0) is 16.4. The van der Waals surface area contributed by atoms with Crippen LogP contribution in [0.5, 0.6) is 5.75 Å². The lowest BCUT2D eigenvalue weighted by Crippen LogP contribution is -2.14. The van der Waals surface area contributed by atoms with Crippen molar-refractivity contribution in [2.45, 2.75) is 13.5 Å². The molecule has 23 heavy (non-hydrogen) atoms. The minimum Gasteiger partial charge on any atom is -0.497 e. The Bertz CT molecular complexity index is 926. The number of benzene rings is 1. The molecule has 0 bridgehead atoms. The van der Waals surface area contributed by atoms with Gasteiger partial charge in [-0.3, -0.25) is 14.3 Å². The molecule has 1 aromatic carbocycles. The van der Waals surface area contributed by atoms with Crippen LogP contribution < -0.4 is 15.5 Å². The number of aryl methyl sites for hydroxylation is 1. The quantitative estimate of drug-likeness (QED) is 0.798. The third-order valence-corrected chi connectivity index (χ3v) is 3.38. The van der Waals surface area contributed by atoms with Crippen LogP contribution in [-0.2, 0) is 6.54 Å². The molecule has 0 aliphatic carbocycles. The third kappa shape index (κ3) is 2.94. The summed E-state index contributed by atoms with van der Waals surface area (Å²) < 4.78 is 12.3. The van der Waals surface area contributed by atoms with Crippen LogP contribution in [0.4, 0.5) is 5.69 Å². The summed E-state index contributed by atoms with van der Waals surface area (Å²) in [4.78, 5) is 24.4. The second-order valence-electron chi connectivity index (χ2n) is 4.88. The average Bonchev–Trinajstić information content (AvgIpc) is 3.01. The predicted octanol–water partition coefficient (Wildman–Crippen LogP) is 2.27. The molecule has 0 spiro atoms. The Hall–Kier alpha value is -3.09. The predicted molar refractivity (Wildman–Crippen MR) is 84.9 cm³/mol. The SMILES string of the molecule is CCn1cc(NC(=O)c2cc(=O)c3ccc(OC)cc3o2)cn1. The van der Waals surface area contributed by atoms with Gasteiger partial charge >= 0.3 is 0 Å². The largest absolute Gasteiger partial charge is 0.497 e. The van der Waals surface area contributed by atoms with Crippen molar-refractivity contribution >= 4 is 22.6 Å². The van der Waals surface area contributed by atoms with Crippen LogP contribution in [0.15, 0.2) is 45.9 Å². The van der Waals surface area contributed by atoms with Crippen molar-refractivity contribution in [1.82, 2.24) is 9.78 Å². The fourth-order valence-corrected chi connectivity index (χ4v) is 2.17. The summed E-state index contributed by atoms with van der Waals surface area (Å²) in [6.07, 6.45) is 3.23. The monoisotopic (exact) mass is 313 g/mol. The number of amides is 1. The van der Waals surface area contributed by atoms with Gasteiger partial charge < -0.3 is 14.5 Å². The van der Waals surface area contributed by atoms with Crippen LogP contribution >= 0.6 is 0 Å². The number of fused-ring (bicyclic) bond motifs is 1. The number of aromatic nitrogens is 2. The number of anilines is 1. The Morgan fingerprint density at radius 3 is 2.91 bits per heavy atom. The van der Waals surface area contributed by atoms with Crippen LogP contribution in [0.1, 0.15) is 17.5 Å². The summed E-state index contributed by atoms with van der Waals surface area (Å²) in [5.74, 6) is -0.0371. The smallest absolute Gasteiger partial charge is 0.291 e. The first-order chi connectivity index (χ1) is 11.1. The van der Waals surface area contributed by atoms with Gasteiger partial charge in [0.15, 0.2) is 11.2 Å². The average molecular weight is 313 g/mol. The minimum atomic E-state index is -0.512. The number of methoxy groups -OCH3 is 1. The van der Waals surface area contributed by atoms with E-state index in [-0.39, 0.29) is 11.2 Å². The lowest BCUT2D eigenvalue weighted by molar-refractivity contribution is 0.0997. The van der Waals surface area contributed by atoms with E-state index < -0.39 is 5.91 Å². The number of rotatable bonds is 4. The summed E-state index contributed by atoms with van der Waals surface area (Å²) in [5, 5.41) is 7.10. The summed E-state index contributed by atoms with van der Waals surface area (Å²) >= 11 is 0. The van der Waals surface area contributed by atoms with Gasteiger partial charge in [0.1, 0.15) is 11.3 Å². The highest BCUT2D eigenvalue weighted by atomic mass is 16.5. The Balaban J connectivity index is 1.95. The number of hydrogen-bond donors (Lipinski definition) is 1. The van der Waals surface area contributed by atoms with Gasteiger partial charge in [-0.05, 0) is 19.1 Å². The zero-order valence-electron chi connectivity index (χ0n) is 12.7. The lowest BCUT2D eigenvalue weighted by atomic mass is 10.2. The molecule has 0 radical (unpaired) electrons. The van der Waals surface area contributed by atoms with Crippen molar-refractivity contribution < 1.29 is 13.9 Å². The first kappa shape index (κ1) is 14.8. The van der Waals surface area contributed by atoms with E-state index in [4.69, 9.17) is 9.15 Å². The summed E-state index contributed by atoms with van der Waals surface area (Å²) in [7, 11) is 1.52. The van der Waals surface area contributed by atoms with Crippen molar-refractivity contribution in [2.24, 2.45) is 0 Å². The molecule has 3 aromatic rings. The molecule has 1 amide bonds. The molecule has 2 heterocycles. The second-order valence-corrected chi connectivity index (χ2v) is 4.88. The summed E-state index contributed by atoms with van der Waals surface area (Å²) in [6, 6.07) is 6.02. The normalized spacial score (nSPS) is 10.7. The van der Waals surface area contributed by atoms with Crippen molar-refractivity contribution in [3.63, 3.8) is 0 Å². The maximum absolute atomic E-state index is 12.3. The molecule has 118 valence electrons. The molecule has 0 saturated carbocycles. The molecule has 1 N–H and O–H groups in total. The number of hydrogen-bond acceptors (Lipinski definition) is 5. The van der Waals surface area contributed by atoms with Gasteiger partial charge in [-0.1, -0.05) is 0 Å². The first-order valence-corrected chi connectivity index (χ1v) is 7.06. The van der Waals surface area contributed by atoms with Gasteiger partial charge in [0.2, 0.25) is 0 Å². The van der Waals surface area contributed by atoms with Crippen LogP contribution in [0.2, 0.25) is 0 Å². The molecular weight excluding hydrogens is 298 g/mol. The van der Waals surface area contributed by atoms with Gasteiger partial charge in [-0.25, -0.2) is 0 Å². The molecule has 3 rings (SSSR count). The summed E-state index contributed by atoms with van der Waals surface area (Å²) in [5.41, 5.74) is 0.541. The van der Waals surface area contributed by atoms with E-state index in [9.17, 15) is 9.59 Å². The van der Waals surface area contributed by atoms with E-state index in [1.54, 1.807) is 29.1 Å². The molecule has 0 fully saturated rings. The Morgan fingerprint density at radius 2 is 2.22 bits per heavy atom. The molecule has 0 atom stereocenters. The molecule has 7 nitrogen and oxygen atoms in total. The van der Waals surface area contributed by atoms with Crippen molar-refractivity contribution in [1.29, 1.82) is 0 Å². The van der Waals surface area contributed by atoms with E-state index >= 15 is 0 Å². The first-order valence-electron chi connectivity index (χ1n) is 7.06. The number of carbonyl (C=O) groups excluding carboxylic acids is 1. The number of nitrogens with zero attached hydrogens (tertiary/aromatic N) is 2. The Kier molecular flexibility index (Phi) is 3.84. The van der Waals surface area contributed by atoms with Gasteiger partial charge in [0.25, 0.3) is 5.91 Å². The number of nitrogens with one attached hydrogen (secondary N) is 1. The number of carbonyl (C=O) groups is 1. The van der Waals surface area contributed by atoms with Gasteiger partial charge in [0, 0.05) is 24.9 Å². The summed E-state index contributed by atoms with van der Waals surface area (Å²) in [6.45, 7) is 2.63. The molecule has 0 saturated heterocycles. The zero-order valence-corrected chi connectivity index (χ0v) is 12.7. The topological polar surface area (TPSA) is 86.4 Å². The Labute approximate surface area is 131 Å². The van der Waals surface area contributed by atoms with E-state index in [0.29, 0.717) is 29.0 Å². The van der Waals surface area contributed by atoms with E-state index in [0.717, 1.165) is 0 Å². The van der Waals surface area contributed by atoms with Crippen molar-refractivity contribution in [2.75, 3.05) is 12.4 Å². The lowest BCUT2D eigenvalue weighted by Gasteiger charge is -2.05. The maximum atomic E-state index is 12.3. The molecule has 0 aliphatic heterocycles. The Morgan fingerprint density at radius 1 is 1.39 bits per heavy atom. The van der Waals surface area contributed by atoms with Crippen LogP contribution in [0.25, 0.3) is 11.0 Å². The van der Waals surface area contributed by atoms with Gasteiger partial charge in [0.05, 0.1) is 24.4 Å². The highest BCUT2D eigenvalue weighted by Gasteiger charge is 2.14. The highest BCUT2D eigenvalue weighted by Crippen LogP contribution is 2.19. The number of ether oxygens (including phenoxy) is 1. The minimum absolute atomic E-state index is 0.0694. The van der Waals surface area contributed by atoms with Crippen LogP contribution in [0, 0.1) is 0 Å². The molecule has 7 heteroatoms. The fourth-order valence-electron chi connectivity index (χ4n) is 2.17. The van der Waals surface area contributed by atoms with Crippen LogP contribution in [-0.4, -0.2) is 22.8 Å². The van der Waals surface area contributed by atoms with E-state index in [1.807, 2.05) is 6.92 Å². The molecule has 2 aromatic heterocycles. The van der Waals surface area contributed by atoms with Crippen molar-refractivity contribution in [3.05, 3.63) is 52.6 Å². The van der Waals surface area contributed by atoms with Gasteiger partial charge in [-0.2, -0.15) is 5.10 Å². The van der Waals surface area contributed by atoms with Crippen LogP contribution in [0.3, 0.4) is 0 Å². The highest BCUT2D eigenvalue weighted by molar-refractivity contribution is 6.02. The second kappa shape index (κ2) is 5.96. The molecular formula is C16H15N3O4. The maximum Gasteiger partial charge on any atom is 0.291 e. The fraction of sp³-hybridized carbons (Fsp3) is 0.188. The molecule has 0 aliphatic rings. The third-order valence-electron chi connectivity index (χ3n) is 3.38. The van der Waals surface area contributed by atoms with E-state index in [1.165, 1.54) is 19.4 Å². The standard InChI is InChI=1S/C16H15N3O4/c1-3-19-9-10(8-17-19)18-16(21)15-7-13(20)12-5-4-11(22-2)6-14(12)23-15/h4-9H,3H2,1-2H3,(H,18,21). The molecule has 0 unspecified atom stereocenters. The van der Waals surface area contributed by atoms with Gasteiger partial charge in [-0.15, -0.1) is 0 Å². The van der Waals surface area contributed by atoms with Crippen molar-refractivity contribution in [3.8, 4) is 5.75 Å².